The van der Waals surface area contributed by atoms with E-state index in [1.54, 1.807) is 6.92 Å². The number of hydrogen-bond acceptors (Lipinski definition) is 4. The summed E-state index contributed by atoms with van der Waals surface area (Å²) in [6.45, 7) is 3.09. The number of nitrogens with zero attached hydrogens (tertiary/aromatic N) is 1. The summed E-state index contributed by atoms with van der Waals surface area (Å²) >= 11 is 11.5. The minimum Gasteiger partial charge on any atom is -0.480 e. The van der Waals surface area contributed by atoms with E-state index in [1.165, 1.54) is 13.0 Å². The molecule has 0 saturated carbocycles. The van der Waals surface area contributed by atoms with Gasteiger partial charge in [-0.05, 0) is 19.4 Å². The molecule has 1 aromatic carbocycles. The molecule has 2 N–H and O–H groups in total. The number of anilines is 1. The van der Waals surface area contributed by atoms with Crippen LogP contribution in [0.1, 0.15) is 20.3 Å². The van der Waals surface area contributed by atoms with Gasteiger partial charge in [0.05, 0.1) is 15.0 Å². The molecule has 1 unspecified atom stereocenters. The second-order valence-corrected chi connectivity index (χ2v) is 4.97. The molecule has 0 spiro atoms. The average molecular weight is 307 g/mol. The summed E-state index contributed by atoms with van der Waals surface area (Å²) in [7, 11) is 0. The van der Waals surface area contributed by atoms with Gasteiger partial charge in [-0.25, -0.2) is 4.79 Å². The van der Waals surface area contributed by atoms with Crippen molar-refractivity contribution < 1.29 is 14.8 Å². The van der Waals surface area contributed by atoms with Crippen LogP contribution in [-0.2, 0) is 4.79 Å². The highest BCUT2D eigenvalue weighted by Crippen LogP contribution is 2.35. The number of halogens is 2. The van der Waals surface area contributed by atoms with Gasteiger partial charge in [0, 0.05) is 6.07 Å². The Balaban J connectivity index is 3.30. The maximum Gasteiger partial charge on any atom is 0.329 e. The SMILES string of the molecule is CCC(C)(Nc1cc(Cl)c(Cl)cc1[N+](=O)[O-])C(=O)O. The van der Waals surface area contributed by atoms with Crippen LogP contribution in [0.2, 0.25) is 10.0 Å². The number of hydrogen-bond donors (Lipinski definition) is 2. The molecule has 0 amide bonds. The quantitative estimate of drug-likeness (QED) is 0.641. The molecule has 0 aliphatic carbocycles. The maximum atomic E-state index is 11.2. The van der Waals surface area contributed by atoms with Gasteiger partial charge in [-0.2, -0.15) is 0 Å². The van der Waals surface area contributed by atoms with E-state index in [9.17, 15) is 14.9 Å². The van der Waals surface area contributed by atoms with Crippen LogP contribution in [0.25, 0.3) is 0 Å². The van der Waals surface area contributed by atoms with Crippen LogP contribution in [0.3, 0.4) is 0 Å². The first-order valence-electron chi connectivity index (χ1n) is 5.36. The zero-order valence-corrected chi connectivity index (χ0v) is 11.7. The van der Waals surface area contributed by atoms with Crippen LogP contribution in [0.15, 0.2) is 12.1 Å². The van der Waals surface area contributed by atoms with E-state index in [-0.39, 0.29) is 27.8 Å². The summed E-state index contributed by atoms with van der Waals surface area (Å²) in [6.07, 6.45) is 0.236. The highest BCUT2D eigenvalue weighted by molar-refractivity contribution is 6.42. The Morgan fingerprint density at radius 3 is 2.42 bits per heavy atom. The molecule has 0 fully saturated rings. The molecule has 0 aliphatic rings. The van der Waals surface area contributed by atoms with E-state index < -0.39 is 16.4 Å². The maximum absolute atomic E-state index is 11.2. The van der Waals surface area contributed by atoms with Gasteiger partial charge in [-0.3, -0.25) is 10.1 Å². The van der Waals surface area contributed by atoms with Crippen LogP contribution in [0.5, 0.6) is 0 Å². The third kappa shape index (κ3) is 3.27. The van der Waals surface area contributed by atoms with E-state index in [1.807, 2.05) is 0 Å². The van der Waals surface area contributed by atoms with Crippen molar-refractivity contribution in [2.24, 2.45) is 0 Å². The number of carboxylic acid groups (broad SMARTS) is 1. The number of benzene rings is 1. The molecule has 1 aromatic rings. The van der Waals surface area contributed by atoms with Crippen LogP contribution in [0.4, 0.5) is 11.4 Å². The number of nitro groups is 1. The number of carbonyl (C=O) groups is 1. The monoisotopic (exact) mass is 306 g/mol. The van der Waals surface area contributed by atoms with Crippen LogP contribution < -0.4 is 5.32 Å². The molecular weight excluding hydrogens is 295 g/mol. The number of rotatable bonds is 5. The topological polar surface area (TPSA) is 92.5 Å². The molecule has 19 heavy (non-hydrogen) atoms. The fraction of sp³-hybridized carbons (Fsp3) is 0.364. The number of aliphatic carboxylic acids is 1. The molecule has 0 radical (unpaired) electrons. The Labute approximate surface area is 119 Å². The van der Waals surface area contributed by atoms with Gasteiger partial charge in [0.1, 0.15) is 11.2 Å². The Hall–Kier alpha value is -1.53. The number of carboxylic acids is 1. The smallest absolute Gasteiger partial charge is 0.329 e. The average Bonchev–Trinajstić information content (AvgIpc) is 2.32. The highest BCUT2D eigenvalue weighted by atomic mass is 35.5. The summed E-state index contributed by atoms with van der Waals surface area (Å²) in [5.41, 5.74) is -1.64. The summed E-state index contributed by atoms with van der Waals surface area (Å²) in [6, 6.07) is 2.34. The Bertz CT molecular complexity index is 536. The van der Waals surface area contributed by atoms with Crippen molar-refractivity contribution in [2.45, 2.75) is 25.8 Å². The lowest BCUT2D eigenvalue weighted by atomic mass is 9.98. The van der Waals surface area contributed by atoms with Crippen LogP contribution >= 0.6 is 23.2 Å². The third-order valence-electron chi connectivity index (χ3n) is 2.82. The van der Waals surface area contributed by atoms with Gasteiger partial charge in [0.15, 0.2) is 0 Å². The Kier molecular flexibility index (Phi) is 4.60. The second kappa shape index (κ2) is 5.63. The normalized spacial score (nSPS) is 13.7. The Morgan fingerprint density at radius 2 is 2.00 bits per heavy atom. The summed E-state index contributed by atoms with van der Waals surface area (Å²) in [5.74, 6) is -1.12. The molecule has 0 bridgehead atoms. The van der Waals surface area contributed by atoms with Crippen molar-refractivity contribution in [1.29, 1.82) is 0 Å². The van der Waals surface area contributed by atoms with Gasteiger partial charge < -0.3 is 10.4 Å². The summed E-state index contributed by atoms with van der Waals surface area (Å²) in [5, 5.41) is 22.9. The minimum atomic E-state index is -1.33. The molecule has 6 nitrogen and oxygen atoms in total. The minimum absolute atomic E-state index is 0.0196. The van der Waals surface area contributed by atoms with Gasteiger partial charge >= 0.3 is 5.97 Å². The van der Waals surface area contributed by atoms with E-state index >= 15 is 0 Å². The number of nitrogens with one attached hydrogen (secondary N) is 1. The fourth-order valence-electron chi connectivity index (χ4n) is 1.38. The molecule has 8 heteroatoms. The molecular formula is C11H12Cl2N2O4. The van der Waals surface area contributed by atoms with E-state index in [0.29, 0.717) is 0 Å². The van der Waals surface area contributed by atoms with E-state index in [0.717, 1.165) is 6.07 Å². The molecule has 0 heterocycles. The molecule has 0 aliphatic heterocycles. The highest BCUT2D eigenvalue weighted by Gasteiger charge is 2.33. The largest absolute Gasteiger partial charge is 0.480 e. The van der Waals surface area contributed by atoms with Crippen molar-refractivity contribution in [3.63, 3.8) is 0 Å². The summed E-state index contributed by atoms with van der Waals surface area (Å²) in [4.78, 5) is 21.5. The first kappa shape index (κ1) is 15.5. The molecule has 0 aromatic heterocycles. The molecule has 0 saturated heterocycles. The first-order valence-corrected chi connectivity index (χ1v) is 6.12. The second-order valence-electron chi connectivity index (χ2n) is 4.16. The Morgan fingerprint density at radius 1 is 1.47 bits per heavy atom. The van der Waals surface area contributed by atoms with Crippen molar-refractivity contribution in [2.75, 3.05) is 5.32 Å². The van der Waals surface area contributed by atoms with Gasteiger partial charge in [0.2, 0.25) is 0 Å². The molecule has 1 atom stereocenters. The van der Waals surface area contributed by atoms with Crippen molar-refractivity contribution >= 4 is 40.5 Å². The van der Waals surface area contributed by atoms with Crippen molar-refractivity contribution in [3.05, 3.63) is 32.3 Å². The van der Waals surface area contributed by atoms with E-state index in [4.69, 9.17) is 28.3 Å². The van der Waals surface area contributed by atoms with E-state index in [2.05, 4.69) is 5.32 Å². The fourth-order valence-corrected chi connectivity index (χ4v) is 1.70. The predicted molar refractivity (Wildman–Crippen MR) is 73.1 cm³/mol. The standard InChI is InChI=1S/C11H12Cl2N2O4/c1-3-11(2,10(16)17)14-8-4-6(12)7(13)5-9(8)15(18)19/h4-5,14H,3H2,1-2H3,(H,16,17). The van der Waals surface area contributed by atoms with Crippen molar-refractivity contribution in [3.8, 4) is 0 Å². The molecule has 1 rings (SSSR count). The van der Waals surface area contributed by atoms with Gasteiger partial charge in [-0.1, -0.05) is 30.1 Å². The number of nitro benzene ring substituents is 1. The third-order valence-corrected chi connectivity index (χ3v) is 3.55. The first-order chi connectivity index (χ1) is 8.71. The summed E-state index contributed by atoms with van der Waals surface area (Å²) < 4.78 is 0. The van der Waals surface area contributed by atoms with Crippen LogP contribution in [0, 0.1) is 10.1 Å². The van der Waals surface area contributed by atoms with Crippen molar-refractivity contribution in [1.82, 2.24) is 0 Å². The van der Waals surface area contributed by atoms with Gasteiger partial charge in [-0.15, -0.1) is 0 Å². The zero-order valence-electron chi connectivity index (χ0n) is 10.2. The molecule has 104 valence electrons. The lowest BCUT2D eigenvalue weighted by Gasteiger charge is -2.25. The predicted octanol–water partition coefficient (Wildman–Crippen LogP) is 3.57. The zero-order chi connectivity index (χ0) is 14.8. The van der Waals surface area contributed by atoms with Gasteiger partial charge in [0.25, 0.3) is 5.69 Å². The van der Waals surface area contributed by atoms with Crippen LogP contribution in [-0.4, -0.2) is 21.5 Å². The lowest BCUT2D eigenvalue weighted by Crippen LogP contribution is -2.42. The lowest BCUT2D eigenvalue weighted by molar-refractivity contribution is -0.384.